The van der Waals surface area contributed by atoms with Crippen LogP contribution in [0.15, 0.2) is 29.5 Å². The summed E-state index contributed by atoms with van der Waals surface area (Å²) in [5.74, 6) is 2.77. The zero-order valence-electron chi connectivity index (χ0n) is 17.2. The average molecular weight is 385 g/mol. The molecule has 0 amide bonds. The van der Waals surface area contributed by atoms with Crippen molar-refractivity contribution >= 4 is 5.96 Å². The van der Waals surface area contributed by atoms with Gasteiger partial charge in [-0.15, -0.1) is 10.2 Å². The highest BCUT2D eigenvalue weighted by Crippen LogP contribution is 2.27. The number of rotatable bonds is 8. The van der Waals surface area contributed by atoms with Crippen molar-refractivity contribution in [1.82, 2.24) is 25.4 Å². The molecule has 0 atom stereocenters. The van der Waals surface area contributed by atoms with Crippen LogP contribution in [0.25, 0.3) is 0 Å². The standard InChI is InChI=1S/C21H32N6O/c1-4-20-26-25-15-27(20)12-11-23-21(22-3)24-14-17-10-9-16(2)13-19(17)28-18-7-5-6-8-18/h9-10,13,15,18H,4-8,11-12,14H2,1-3H3,(H2,22,23,24). The monoisotopic (exact) mass is 384 g/mol. The first-order chi connectivity index (χ1) is 13.7. The van der Waals surface area contributed by atoms with E-state index in [-0.39, 0.29) is 0 Å². The molecule has 1 aromatic heterocycles. The zero-order chi connectivity index (χ0) is 19.8. The maximum Gasteiger partial charge on any atom is 0.191 e. The number of hydrogen-bond acceptors (Lipinski definition) is 4. The first-order valence-corrected chi connectivity index (χ1v) is 10.3. The summed E-state index contributed by atoms with van der Waals surface area (Å²) < 4.78 is 8.35. The maximum absolute atomic E-state index is 6.29. The average Bonchev–Trinajstić information content (AvgIpc) is 3.37. The lowest BCUT2D eigenvalue weighted by atomic mass is 10.1. The van der Waals surface area contributed by atoms with Gasteiger partial charge >= 0.3 is 0 Å². The molecule has 7 heteroatoms. The van der Waals surface area contributed by atoms with Crippen LogP contribution >= 0.6 is 0 Å². The van der Waals surface area contributed by atoms with Crippen molar-refractivity contribution in [2.45, 2.75) is 65.1 Å². The van der Waals surface area contributed by atoms with E-state index in [4.69, 9.17) is 4.74 Å². The zero-order valence-corrected chi connectivity index (χ0v) is 17.2. The number of aryl methyl sites for hydroxylation is 2. The Bertz CT molecular complexity index is 779. The summed E-state index contributed by atoms with van der Waals surface area (Å²) in [5, 5.41) is 14.8. The normalized spacial score (nSPS) is 15.0. The van der Waals surface area contributed by atoms with Gasteiger partial charge in [0, 0.05) is 38.7 Å². The molecule has 2 N–H and O–H groups in total. The first-order valence-electron chi connectivity index (χ1n) is 10.3. The summed E-state index contributed by atoms with van der Waals surface area (Å²) in [4.78, 5) is 4.33. The molecular formula is C21H32N6O. The Labute approximate surface area is 167 Å². The van der Waals surface area contributed by atoms with E-state index in [0.29, 0.717) is 12.6 Å². The van der Waals surface area contributed by atoms with Crippen LogP contribution in [-0.2, 0) is 19.5 Å². The highest BCUT2D eigenvalue weighted by molar-refractivity contribution is 5.79. The van der Waals surface area contributed by atoms with Crippen molar-refractivity contribution in [2.24, 2.45) is 4.99 Å². The van der Waals surface area contributed by atoms with Crippen LogP contribution in [0.5, 0.6) is 5.75 Å². The number of nitrogens with zero attached hydrogens (tertiary/aromatic N) is 4. The molecule has 152 valence electrons. The third-order valence-corrected chi connectivity index (χ3v) is 5.15. The lowest BCUT2D eigenvalue weighted by Gasteiger charge is -2.18. The molecule has 3 rings (SSSR count). The Balaban J connectivity index is 1.53. The van der Waals surface area contributed by atoms with E-state index in [1.165, 1.54) is 18.4 Å². The van der Waals surface area contributed by atoms with Crippen LogP contribution in [0.1, 0.15) is 49.6 Å². The Morgan fingerprint density at radius 1 is 1.29 bits per heavy atom. The number of nitrogens with one attached hydrogen (secondary N) is 2. The first kappa shape index (κ1) is 20.2. The van der Waals surface area contributed by atoms with Crippen LogP contribution in [0, 0.1) is 6.92 Å². The van der Waals surface area contributed by atoms with Gasteiger partial charge in [-0.25, -0.2) is 0 Å². The largest absolute Gasteiger partial charge is 0.490 e. The van der Waals surface area contributed by atoms with Gasteiger partial charge < -0.3 is 19.9 Å². The van der Waals surface area contributed by atoms with Crippen LogP contribution in [-0.4, -0.2) is 40.4 Å². The molecule has 0 unspecified atom stereocenters. The lowest BCUT2D eigenvalue weighted by Crippen LogP contribution is -2.38. The minimum Gasteiger partial charge on any atom is -0.490 e. The van der Waals surface area contributed by atoms with Crippen LogP contribution in [0.4, 0.5) is 0 Å². The van der Waals surface area contributed by atoms with Gasteiger partial charge in [-0.1, -0.05) is 19.1 Å². The molecular weight excluding hydrogens is 352 g/mol. The van der Waals surface area contributed by atoms with Crippen molar-refractivity contribution < 1.29 is 4.74 Å². The molecule has 0 spiro atoms. The Morgan fingerprint density at radius 2 is 2.11 bits per heavy atom. The summed E-state index contributed by atoms with van der Waals surface area (Å²) in [6, 6.07) is 6.42. The number of aliphatic imine (C=N–C) groups is 1. The quantitative estimate of drug-likeness (QED) is 0.541. The fourth-order valence-electron chi connectivity index (χ4n) is 3.54. The van der Waals surface area contributed by atoms with Gasteiger partial charge in [-0.2, -0.15) is 0 Å². The third kappa shape index (κ3) is 5.47. The van der Waals surface area contributed by atoms with Crippen LogP contribution in [0.3, 0.4) is 0 Å². The third-order valence-electron chi connectivity index (χ3n) is 5.15. The maximum atomic E-state index is 6.29. The van der Waals surface area contributed by atoms with Gasteiger partial charge in [-0.05, 0) is 44.2 Å². The van der Waals surface area contributed by atoms with E-state index in [1.54, 1.807) is 13.4 Å². The summed E-state index contributed by atoms with van der Waals surface area (Å²) in [5.41, 5.74) is 2.38. The van der Waals surface area contributed by atoms with Crippen molar-refractivity contribution in [3.05, 3.63) is 41.5 Å². The Morgan fingerprint density at radius 3 is 2.86 bits per heavy atom. The van der Waals surface area contributed by atoms with Gasteiger partial charge in [0.15, 0.2) is 5.96 Å². The molecule has 1 aliphatic rings. The SMILES string of the molecule is CCc1nncn1CCNC(=NC)NCc1ccc(C)cc1OC1CCCC1. The lowest BCUT2D eigenvalue weighted by molar-refractivity contribution is 0.207. The van der Waals surface area contributed by atoms with Gasteiger partial charge in [0.25, 0.3) is 0 Å². The topological polar surface area (TPSA) is 76.4 Å². The van der Waals surface area contributed by atoms with Gasteiger partial charge in [-0.3, -0.25) is 4.99 Å². The summed E-state index contributed by atoms with van der Waals surface area (Å²) >= 11 is 0. The smallest absolute Gasteiger partial charge is 0.191 e. The molecule has 0 saturated heterocycles. The highest BCUT2D eigenvalue weighted by Gasteiger charge is 2.18. The van der Waals surface area contributed by atoms with Crippen molar-refractivity contribution in [3.63, 3.8) is 0 Å². The van der Waals surface area contributed by atoms with Gasteiger partial charge in [0.1, 0.15) is 17.9 Å². The van der Waals surface area contributed by atoms with E-state index >= 15 is 0 Å². The molecule has 1 fully saturated rings. The van der Waals surface area contributed by atoms with Crippen molar-refractivity contribution in [2.75, 3.05) is 13.6 Å². The number of benzene rings is 1. The molecule has 7 nitrogen and oxygen atoms in total. The molecule has 1 aromatic carbocycles. The van der Waals surface area contributed by atoms with E-state index in [9.17, 15) is 0 Å². The second kappa shape index (κ2) is 10.1. The van der Waals surface area contributed by atoms with Gasteiger partial charge in [0.05, 0.1) is 6.10 Å². The van der Waals surface area contributed by atoms with Crippen LogP contribution < -0.4 is 15.4 Å². The number of ether oxygens (including phenoxy) is 1. The summed E-state index contributed by atoms with van der Waals surface area (Å²) in [6.45, 7) is 6.42. The molecule has 2 aromatic rings. The summed E-state index contributed by atoms with van der Waals surface area (Å²) in [7, 11) is 1.79. The molecule has 1 saturated carbocycles. The second-order valence-electron chi connectivity index (χ2n) is 7.28. The van der Waals surface area contributed by atoms with Gasteiger partial charge in [0.2, 0.25) is 0 Å². The molecule has 1 heterocycles. The molecule has 28 heavy (non-hydrogen) atoms. The highest BCUT2D eigenvalue weighted by atomic mass is 16.5. The number of aromatic nitrogens is 3. The molecule has 1 aliphatic carbocycles. The minimum absolute atomic E-state index is 0.356. The number of guanidine groups is 1. The summed E-state index contributed by atoms with van der Waals surface area (Å²) in [6.07, 6.45) is 7.87. The number of hydrogen-bond donors (Lipinski definition) is 2. The Hall–Kier alpha value is -2.57. The predicted octanol–water partition coefficient (Wildman–Crippen LogP) is 2.84. The fraction of sp³-hybridized carbons (Fsp3) is 0.571. The van der Waals surface area contributed by atoms with Crippen LogP contribution in [0.2, 0.25) is 0 Å². The van der Waals surface area contributed by atoms with E-state index in [1.807, 2.05) is 0 Å². The van der Waals surface area contributed by atoms with E-state index < -0.39 is 0 Å². The van der Waals surface area contributed by atoms with Crippen molar-refractivity contribution in [3.8, 4) is 5.75 Å². The molecule has 0 radical (unpaired) electrons. The Kier molecular flexibility index (Phi) is 7.28. The second-order valence-corrected chi connectivity index (χ2v) is 7.28. The fourth-order valence-corrected chi connectivity index (χ4v) is 3.54. The van der Waals surface area contributed by atoms with E-state index in [2.05, 4.69) is 62.4 Å². The van der Waals surface area contributed by atoms with Crippen molar-refractivity contribution in [1.29, 1.82) is 0 Å². The minimum atomic E-state index is 0.356. The molecule has 0 bridgehead atoms. The van der Waals surface area contributed by atoms with E-state index in [0.717, 1.165) is 55.4 Å². The predicted molar refractivity (Wildman–Crippen MR) is 112 cm³/mol. The molecule has 0 aliphatic heterocycles.